The van der Waals surface area contributed by atoms with Crippen molar-refractivity contribution in [2.45, 2.75) is 137 Å². The lowest BCUT2D eigenvalue weighted by Crippen LogP contribution is -2.62. The number of nitrogens with zero attached hydrogens (tertiary/aromatic N) is 3. The molecule has 0 radical (unpaired) electrons. The van der Waals surface area contributed by atoms with Crippen LogP contribution in [0.2, 0.25) is 0 Å². The number of benzene rings is 13. The van der Waals surface area contributed by atoms with Gasteiger partial charge in [-0.3, -0.25) is 0 Å². The van der Waals surface area contributed by atoms with Gasteiger partial charge in [-0.1, -0.05) is 340 Å². The zero-order valence-electron chi connectivity index (χ0n) is 63.6. The van der Waals surface area contributed by atoms with E-state index in [4.69, 9.17) is 6.57 Å². The Balaban J connectivity index is 1.14. The largest absolute Gasteiger partial charge is 0.310 e. The van der Waals surface area contributed by atoms with Crippen LogP contribution >= 0.6 is 0 Å². The number of anilines is 3. The number of hydrogen-bond acceptors (Lipinski definition) is 2. The summed E-state index contributed by atoms with van der Waals surface area (Å²) in [7, 11) is 0. The molecule has 2 aliphatic heterocycles. The highest BCUT2D eigenvalue weighted by molar-refractivity contribution is 6.99. The van der Waals surface area contributed by atoms with Crippen LogP contribution in [0.1, 0.15) is 160 Å². The van der Waals surface area contributed by atoms with E-state index < -0.39 is 0 Å². The van der Waals surface area contributed by atoms with E-state index in [-0.39, 0.29) is 39.7 Å². The highest BCUT2D eigenvalue weighted by Gasteiger charge is 2.47. The van der Waals surface area contributed by atoms with Crippen molar-refractivity contribution in [3.63, 3.8) is 0 Å². The third-order valence-corrected chi connectivity index (χ3v) is 22.1. The minimum atomic E-state index is -0.332. The fourth-order valence-electron chi connectivity index (χ4n) is 16.0. The van der Waals surface area contributed by atoms with Crippen LogP contribution in [0.25, 0.3) is 93.9 Å². The minimum Gasteiger partial charge on any atom is -0.310 e. The molecule has 2 aliphatic rings. The molecule has 1 atom stereocenters. The molecule has 4 heteroatoms. The Labute approximate surface area is 624 Å². The molecule has 13 aromatic rings. The van der Waals surface area contributed by atoms with E-state index in [2.05, 4.69) is 374 Å². The molecule has 0 aliphatic carbocycles. The zero-order chi connectivity index (χ0) is 73.6. The number of rotatable bonds is 10. The van der Waals surface area contributed by atoms with Crippen molar-refractivity contribution < 1.29 is 0 Å². The summed E-state index contributed by atoms with van der Waals surface area (Å²) in [4.78, 5) is 6.57. The summed E-state index contributed by atoms with van der Waals surface area (Å²) in [5.74, 6) is -0.322. The van der Waals surface area contributed by atoms with Gasteiger partial charge < -0.3 is 4.90 Å². The number of nitriles is 1. The van der Waals surface area contributed by atoms with Gasteiger partial charge in [-0.15, -0.1) is 0 Å². The first-order valence-corrected chi connectivity index (χ1v) is 37.3. The first-order valence-electron chi connectivity index (χ1n) is 37.3. The van der Waals surface area contributed by atoms with Crippen LogP contribution in [0, 0.1) is 17.9 Å². The topological polar surface area (TPSA) is 31.4 Å². The molecule has 0 spiro atoms. The SMILES string of the molecule is [C-]#[N+]c1ccc(-c2cc(-c3ccc(C(C)(C)C)cc3)c(N3c4ccc(-c5ccccc5)cc4B4c5cc(-c6ccccc6)ccc5C(c5c(-c6ccc(C(C)(C)C)cc6)cc(-c6ccc(C#N)cc6)cc5-c5ccc(C(C)(C)C)cc5)c5cc(C(C)(C)C)cc3c54)c(-c3ccc(C(C)(C)C)cc3)c2)cc1. The van der Waals surface area contributed by atoms with Crippen LogP contribution in [0.5, 0.6) is 0 Å². The first-order chi connectivity index (χ1) is 50.1. The predicted molar refractivity (Wildman–Crippen MR) is 448 cm³/mol. The summed E-state index contributed by atoms with van der Waals surface area (Å²) in [5.41, 5.74) is 35.7. The van der Waals surface area contributed by atoms with Crippen LogP contribution in [-0.2, 0) is 27.1 Å². The van der Waals surface area contributed by atoms with Gasteiger partial charge in [0.15, 0.2) is 5.69 Å². The van der Waals surface area contributed by atoms with E-state index in [1.807, 2.05) is 24.3 Å². The summed E-state index contributed by atoms with van der Waals surface area (Å²) < 4.78 is 0. The van der Waals surface area contributed by atoms with Gasteiger partial charge in [0.1, 0.15) is 0 Å². The van der Waals surface area contributed by atoms with Gasteiger partial charge in [-0.25, -0.2) is 4.85 Å². The standard InChI is InChI=1S/C101H92BN3/c1-97(2,3)77-43-31-69(32-44-77)84-55-75(67-29-27-64(63-103)28-30-67)56-85(70-33-45-78(46-34-70)98(4,5)6)94(84)93-83-53-41-73(65-23-19-17-20-24-65)59-89(83)102-90-60-74(66-25-21-18-22-26-66)42-54-91(90)105(92-62-81(101(13,14)15)61-88(93)95(92)102)96-86(71-35-47-79(48-36-71)99(7,8)9)57-76(68-39-51-82(104-16)52-40-68)58-87(96)72-37-49-80(50-38-72)100(10,11)12/h17-62,93H,1-15H3. The molecular formula is C101H92BN3. The fraction of sp³-hybridized carbons (Fsp3) is 0.208. The van der Waals surface area contributed by atoms with Crippen LogP contribution in [-0.4, -0.2) is 6.71 Å². The number of hydrogen-bond donors (Lipinski definition) is 0. The lowest BCUT2D eigenvalue weighted by molar-refractivity contribution is 0.589. The van der Waals surface area contributed by atoms with Crippen molar-refractivity contribution in [1.82, 2.24) is 0 Å². The summed E-state index contributed by atoms with van der Waals surface area (Å²) in [6.07, 6.45) is 0. The molecule has 0 bridgehead atoms. The van der Waals surface area contributed by atoms with Crippen molar-refractivity contribution in [2.24, 2.45) is 0 Å². The molecule has 13 aromatic carbocycles. The second-order valence-electron chi connectivity index (χ2n) is 34.4. The lowest BCUT2D eigenvalue weighted by Gasteiger charge is -2.45. The average molecular weight is 1360 g/mol. The Morgan fingerprint density at radius 3 is 1.10 bits per heavy atom. The second-order valence-corrected chi connectivity index (χ2v) is 34.4. The maximum atomic E-state index is 10.2. The second kappa shape index (κ2) is 26.4. The van der Waals surface area contributed by atoms with Crippen LogP contribution < -0.4 is 21.3 Å². The smallest absolute Gasteiger partial charge is 0.247 e. The van der Waals surface area contributed by atoms with Crippen molar-refractivity contribution in [2.75, 3.05) is 4.90 Å². The highest BCUT2D eigenvalue weighted by Crippen LogP contribution is 2.55. The monoisotopic (exact) mass is 1360 g/mol. The number of fused-ring (bicyclic) bond motifs is 4. The molecule has 0 amide bonds. The maximum Gasteiger partial charge on any atom is 0.247 e. The molecule has 0 aromatic heterocycles. The fourth-order valence-corrected chi connectivity index (χ4v) is 16.0. The Kier molecular flexibility index (Phi) is 17.5. The van der Waals surface area contributed by atoms with Crippen LogP contribution in [0.3, 0.4) is 0 Å². The molecule has 15 rings (SSSR count). The Bertz CT molecular complexity index is 5060. The van der Waals surface area contributed by atoms with E-state index in [0.29, 0.717) is 11.3 Å². The lowest BCUT2D eigenvalue weighted by atomic mass is 9.30. The molecule has 514 valence electrons. The van der Waals surface area contributed by atoms with E-state index in [1.165, 1.54) is 72.0 Å². The van der Waals surface area contributed by atoms with Crippen molar-refractivity contribution >= 4 is 45.9 Å². The van der Waals surface area contributed by atoms with Gasteiger partial charge in [0.25, 0.3) is 0 Å². The highest BCUT2D eigenvalue weighted by atomic mass is 15.2. The third-order valence-electron chi connectivity index (χ3n) is 22.1. The zero-order valence-corrected chi connectivity index (χ0v) is 63.6. The van der Waals surface area contributed by atoms with Gasteiger partial charge in [0, 0.05) is 28.4 Å². The molecule has 105 heavy (non-hydrogen) atoms. The molecule has 3 nitrogen and oxygen atoms in total. The minimum absolute atomic E-state index is 0.0785. The Morgan fingerprint density at radius 1 is 0.324 bits per heavy atom. The van der Waals surface area contributed by atoms with Gasteiger partial charge >= 0.3 is 0 Å². The quantitative estimate of drug-likeness (QED) is 0.101. The van der Waals surface area contributed by atoms with Gasteiger partial charge in [0.05, 0.1) is 23.9 Å². The van der Waals surface area contributed by atoms with Gasteiger partial charge in [-0.05, 0) is 209 Å². The van der Waals surface area contributed by atoms with Crippen molar-refractivity contribution in [3.8, 4) is 95.1 Å². The first kappa shape index (κ1) is 69.4. The molecular weight excluding hydrogens is 1270 g/mol. The Hall–Kier alpha value is -11.3. The van der Waals surface area contributed by atoms with E-state index in [9.17, 15) is 5.26 Å². The van der Waals surface area contributed by atoms with Gasteiger partial charge in [0.2, 0.25) is 6.71 Å². The predicted octanol–water partition coefficient (Wildman–Crippen LogP) is 25.7. The summed E-state index contributed by atoms with van der Waals surface area (Å²) in [5, 5.41) is 10.2. The molecule has 0 N–H and O–H groups in total. The van der Waals surface area contributed by atoms with E-state index >= 15 is 0 Å². The normalized spacial score (nSPS) is 13.5. The van der Waals surface area contributed by atoms with Crippen LogP contribution in [0.15, 0.2) is 279 Å². The molecule has 2 heterocycles. The molecule has 0 fully saturated rings. The summed E-state index contributed by atoms with van der Waals surface area (Å²) in [6.45, 7) is 42.5. The molecule has 1 unspecified atom stereocenters. The third kappa shape index (κ3) is 13.2. The van der Waals surface area contributed by atoms with Crippen LogP contribution in [0.4, 0.5) is 22.7 Å². The summed E-state index contributed by atoms with van der Waals surface area (Å²) in [6, 6.07) is 108. The summed E-state index contributed by atoms with van der Waals surface area (Å²) >= 11 is 0. The van der Waals surface area contributed by atoms with E-state index in [1.54, 1.807) is 0 Å². The van der Waals surface area contributed by atoms with Crippen molar-refractivity contribution in [3.05, 3.63) is 341 Å². The maximum absolute atomic E-state index is 10.2. The molecule has 0 saturated heterocycles. The van der Waals surface area contributed by atoms with E-state index in [0.717, 1.165) is 95.0 Å². The molecule has 0 saturated carbocycles. The average Bonchev–Trinajstić information content (AvgIpc) is 0.686. The Morgan fingerprint density at radius 2 is 0.686 bits per heavy atom. The van der Waals surface area contributed by atoms with Gasteiger partial charge in [-0.2, -0.15) is 5.26 Å². The van der Waals surface area contributed by atoms with Crippen molar-refractivity contribution in [1.29, 1.82) is 5.26 Å².